The number of sulfonamides is 1. The van der Waals surface area contributed by atoms with Crippen LogP contribution in [0.3, 0.4) is 0 Å². The zero-order valence-electron chi connectivity index (χ0n) is 7.15. The Bertz CT molecular complexity index is 279. The lowest BCUT2D eigenvalue weighted by Gasteiger charge is -2.22. The summed E-state index contributed by atoms with van der Waals surface area (Å²) in [7, 11) is -3.73. The van der Waals surface area contributed by atoms with Gasteiger partial charge in [0, 0.05) is 6.92 Å². The van der Waals surface area contributed by atoms with Crippen molar-refractivity contribution >= 4 is 15.9 Å². The molecule has 1 aliphatic heterocycles. The van der Waals surface area contributed by atoms with Crippen LogP contribution in [0, 0.1) is 0 Å². The minimum Gasteiger partial charge on any atom is -0.375 e. The third kappa shape index (κ3) is 2.94. The van der Waals surface area contributed by atoms with Crippen LogP contribution in [0.5, 0.6) is 0 Å². The van der Waals surface area contributed by atoms with Gasteiger partial charge in [-0.1, -0.05) is 0 Å². The molecule has 1 rings (SSSR count). The van der Waals surface area contributed by atoms with Crippen LogP contribution >= 0.6 is 0 Å². The summed E-state index contributed by atoms with van der Waals surface area (Å²) in [5, 5.41) is 0. The van der Waals surface area contributed by atoms with Crippen molar-refractivity contribution in [3.8, 4) is 0 Å². The van der Waals surface area contributed by atoms with E-state index in [2.05, 4.69) is 0 Å². The van der Waals surface area contributed by atoms with Gasteiger partial charge in [0.2, 0.25) is 11.3 Å². The summed E-state index contributed by atoms with van der Waals surface area (Å²) >= 11 is 0. The topological polar surface area (TPSA) is 81.7 Å². The summed E-state index contributed by atoms with van der Waals surface area (Å²) < 4.78 is 34.1. The van der Waals surface area contributed by atoms with Gasteiger partial charge in [0.25, 0.3) is 10.0 Å². The first kappa shape index (κ1) is 10.4. The highest BCUT2D eigenvalue weighted by Gasteiger charge is 2.29. The van der Waals surface area contributed by atoms with E-state index in [9.17, 15) is 13.2 Å². The van der Waals surface area contributed by atoms with Crippen LogP contribution in [0.4, 0.5) is 0 Å². The number of carbonyl (C=O) groups is 1. The fourth-order valence-corrected chi connectivity index (χ4v) is 1.99. The number of amides is 1. The molecular formula is C6H11NO5S. The maximum absolute atomic E-state index is 11.3. The minimum absolute atomic E-state index is 0.0391. The quantitative estimate of drug-likeness (QED) is 0.619. The molecule has 1 N–H and O–H groups in total. The van der Waals surface area contributed by atoms with Gasteiger partial charge in [-0.2, -0.15) is 0 Å². The van der Waals surface area contributed by atoms with E-state index >= 15 is 0 Å². The second-order valence-electron chi connectivity index (χ2n) is 2.58. The number of ether oxygens (including phenoxy) is 2. The zero-order valence-corrected chi connectivity index (χ0v) is 7.96. The Morgan fingerprint density at radius 3 is 2.62 bits per heavy atom. The van der Waals surface area contributed by atoms with Crippen molar-refractivity contribution < 1.29 is 22.7 Å². The molecule has 7 heteroatoms. The van der Waals surface area contributed by atoms with Gasteiger partial charge in [0.1, 0.15) is 0 Å². The first-order chi connectivity index (χ1) is 6.02. The van der Waals surface area contributed by atoms with Crippen LogP contribution in [0.2, 0.25) is 0 Å². The summed E-state index contributed by atoms with van der Waals surface area (Å²) in [6.45, 7) is 1.69. The Hall–Kier alpha value is -0.660. The number of carbonyl (C=O) groups excluding carboxylic acids is 1. The lowest BCUT2D eigenvalue weighted by atomic mass is 10.6. The van der Waals surface area contributed by atoms with Gasteiger partial charge in [-0.3, -0.25) is 9.52 Å². The van der Waals surface area contributed by atoms with Gasteiger partial charge < -0.3 is 9.47 Å². The summed E-state index contributed by atoms with van der Waals surface area (Å²) in [6, 6.07) is 0. The SMILES string of the molecule is CC(=O)NS(=O)(=O)C1COCCO1. The van der Waals surface area contributed by atoms with E-state index < -0.39 is 21.4 Å². The van der Waals surface area contributed by atoms with Gasteiger partial charge in [-0.15, -0.1) is 0 Å². The van der Waals surface area contributed by atoms with Crippen LogP contribution < -0.4 is 4.72 Å². The Kier molecular flexibility index (Phi) is 3.23. The van der Waals surface area contributed by atoms with Crippen molar-refractivity contribution in [1.29, 1.82) is 0 Å². The van der Waals surface area contributed by atoms with Crippen LogP contribution in [0.1, 0.15) is 6.92 Å². The first-order valence-corrected chi connectivity index (χ1v) is 5.28. The van der Waals surface area contributed by atoms with Gasteiger partial charge >= 0.3 is 0 Å². The molecule has 0 radical (unpaired) electrons. The summed E-state index contributed by atoms with van der Waals surface area (Å²) in [5.41, 5.74) is -1.08. The second kappa shape index (κ2) is 4.03. The summed E-state index contributed by atoms with van der Waals surface area (Å²) in [6.07, 6.45) is 0. The zero-order chi connectivity index (χ0) is 9.90. The summed E-state index contributed by atoms with van der Waals surface area (Å²) in [5.74, 6) is -0.630. The molecule has 6 nitrogen and oxygen atoms in total. The Morgan fingerprint density at radius 1 is 1.46 bits per heavy atom. The molecule has 1 unspecified atom stereocenters. The maximum Gasteiger partial charge on any atom is 0.264 e. The van der Waals surface area contributed by atoms with Crippen molar-refractivity contribution in [1.82, 2.24) is 4.72 Å². The van der Waals surface area contributed by atoms with E-state index in [1.807, 2.05) is 4.72 Å². The van der Waals surface area contributed by atoms with E-state index in [-0.39, 0.29) is 13.2 Å². The molecule has 1 amide bonds. The van der Waals surface area contributed by atoms with E-state index in [4.69, 9.17) is 9.47 Å². The predicted molar refractivity (Wildman–Crippen MR) is 43.3 cm³/mol. The Balaban J connectivity index is 2.62. The van der Waals surface area contributed by atoms with E-state index in [1.165, 1.54) is 0 Å². The molecule has 0 aliphatic carbocycles. The molecule has 1 atom stereocenters. The molecule has 1 heterocycles. The molecular weight excluding hydrogens is 198 g/mol. The van der Waals surface area contributed by atoms with Crippen molar-refractivity contribution in [2.75, 3.05) is 19.8 Å². The number of nitrogens with one attached hydrogen (secondary N) is 1. The molecule has 0 spiro atoms. The number of rotatable bonds is 2. The third-order valence-corrected chi connectivity index (χ3v) is 2.95. The molecule has 0 saturated carbocycles. The first-order valence-electron chi connectivity index (χ1n) is 3.74. The molecule has 0 aromatic carbocycles. The largest absolute Gasteiger partial charge is 0.375 e. The van der Waals surface area contributed by atoms with Crippen LogP contribution in [0.15, 0.2) is 0 Å². The van der Waals surface area contributed by atoms with Crippen molar-refractivity contribution in [3.63, 3.8) is 0 Å². The normalized spacial score (nSPS) is 23.9. The predicted octanol–water partition coefficient (Wildman–Crippen LogP) is -1.17. The molecule has 1 fully saturated rings. The van der Waals surface area contributed by atoms with Gasteiger partial charge in [-0.05, 0) is 0 Å². The minimum atomic E-state index is -3.73. The van der Waals surface area contributed by atoms with Gasteiger partial charge in [0.05, 0.1) is 19.8 Å². The fraction of sp³-hybridized carbons (Fsp3) is 0.833. The Labute approximate surface area is 76.3 Å². The van der Waals surface area contributed by atoms with E-state index in [0.29, 0.717) is 6.61 Å². The summed E-state index contributed by atoms with van der Waals surface area (Å²) in [4.78, 5) is 10.5. The lowest BCUT2D eigenvalue weighted by Crippen LogP contribution is -2.43. The van der Waals surface area contributed by atoms with Crippen molar-refractivity contribution in [2.45, 2.75) is 12.4 Å². The van der Waals surface area contributed by atoms with Gasteiger partial charge in [0.15, 0.2) is 0 Å². The second-order valence-corrected chi connectivity index (χ2v) is 4.40. The molecule has 0 aromatic rings. The van der Waals surface area contributed by atoms with Crippen LogP contribution in [0.25, 0.3) is 0 Å². The van der Waals surface area contributed by atoms with Crippen molar-refractivity contribution in [3.05, 3.63) is 0 Å². The number of hydrogen-bond donors (Lipinski definition) is 1. The van der Waals surface area contributed by atoms with Crippen molar-refractivity contribution in [2.24, 2.45) is 0 Å². The van der Waals surface area contributed by atoms with Crippen LogP contribution in [-0.2, 0) is 24.3 Å². The highest BCUT2D eigenvalue weighted by atomic mass is 32.2. The fourth-order valence-electron chi connectivity index (χ4n) is 0.911. The Morgan fingerprint density at radius 2 is 2.15 bits per heavy atom. The molecule has 76 valence electrons. The third-order valence-electron chi connectivity index (χ3n) is 1.42. The standard InChI is InChI=1S/C6H11NO5S/c1-5(8)7-13(9,10)6-4-11-2-3-12-6/h6H,2-4H2,1H3,(H,7,8). The lowest BCUT2D eigenvalue weighted by molar-refractivity contribution is -0.117. The highest BCUT2D eigenvalue weighted by Crippen LogP contribution is 2.06. The molecule has 0 aromatic heterocycles. The number of hydrogen-bond acceptors (Lipinski definition) is 5. The monoisotopic (exact) mass is 209 g/mol. The highest BCUT2D eigenvalue weighted by molar-refractivity contribution is 7.90. The molecule has 1 saturated heterocycles. The maximum atomic E-state index is 11.3. The smallest absolute Gasteiger partial charge is 0.264 e. The van der Waals surface area contributed by atoms with E-state index in [1.54, 1.807) is 0 Å². The average molecular weight is 209 g/mol. The van der Waals surface area contributed by atoms with Crippen LogP contribution in [-0.4, -0.2) is 39.6 Å². The average Bonchev–Trinajstić information content (AvgIpc) is 2.04. The van der Waals surface area contributed by atoms with Gasteiger partial charge in [-0.25, -0.2) is 8.42 Å². The molecule has 0 bridgehead atoms. The van der Waals surface area contributed by atoms with E-state index in [0.717, 1.165) is 6.92 Å². The molecule has 13 heavy (non-hydrogen) atoms. The molecule has 1 aliphatic rings.